The van der Waals surface area contributed by atoms with Crippen molar-refractivity contribution in [3.8, 4) is 0 Å². The van der Waals surface area contributed by atoms with Gasteiger partial charge in [0.1, 0.15) is 5.75 Å². The van der Waals surface area contributed by atoms with Gasteiger partial charge in [0.2, 0.25) is 0 Å². The van der Waals surface area contributed by atoms with Crippen molar-refractivity contribution < 1.29 is 22.5 Å². The van der Waals surface area contributed by atoms with Crippen molar-refractivity contribution in [1.29, 1.82) is 0 Å². The highest BCUT2D eigenvalue weighted by Crippen LogP contribution is 2.09. The van der Waals surface area contributed by atoms with Gasteiger partial charge in [0.15, 0.2) is 0 Å². The van der Waals surface area contributed by atoms with E-state index in [2.05, 4.69) is 4.18 Å². The van der Waals surface area contributed by atoms with Crippen LogP contribution >= 0.6 is 0 Å². The molecule has 0 aromatic heterocycles. The number of rotatable bonds is 4. The fourth-order valence-electron chi connectivity index (χ4n) is 1.01. The lowest BCUT2D eigenvalue weighted by Gasteiger charge is -2.01. The fraction of sp³-hybridized carbons (Fsp3) is 0.222. The maximum atomic E-state index is 11.0. The number of aromatic carboxylic acids is 1. The lowest BCUT2D eigenvalue weighted by Crippen LogP contribution is -2.06. The maximum Gasteiger partial charge on any atom is 0.335 e. The molecule has 0 spiro atoms. The topological polar surface area (TPSA) is 80.7 Å². The summed E-state index contributed by atoms with van der Waals surface area (Å²) in [6.07, 6.45) is 0. The lowest BCUT2D eigenvalue weighted by molar-refractivity contribution is 0.0697. The van der Waals surface area contributed by atoms with Crippen molar-refractivity contribution in [3.05, 3.63) is 35.4 Å². The third-order valence-electron chi connectivity index (χ3n) is 1.80. The minimum atomic E-state index is -3.55. The predicted octanol–water partition coefficient (Wildman–Crippen LogP) is 0.861. The first-order chi connectivity index (χ1) is 6.94. The summed E-state index contributed by atoms with van der Waals surface area (Å²) < 4.78 is 26.4. The molecule has 0 aliphatic rings. The SMILES string of the molecule is COS(=O)(=O)Cc1ccc(C(=O)O)cc1. The highest BCUT2D eigenvalue weighted by Gasteiger charge is 2.10. The second kappa shape index (κ2) is 4.41. The molecule has 0 aliphatic heterocycles. The van der Waals surface area contributed by atoms with Gasteiger partial charge < -0.3 is 5.11 Å². The first kappa shape index (κ1) is 11.7. The zero-order chi connectivity index (χ0) is 11.5. The normalized spacial score (nSPS) is 11.3. The van der Waals surface area contributed by atoms with Crippen LogP contribution in [0, 0.1) is 0 Å². The van der Waals surface area contributed by atoms with Crippen LogP contribution in [0.25, 0.3) is 0 Å². The zero-order valence-corrected chi connectivity index (χ0v) is 8.82. The Morgan fingerprint density at radius 3 is 2.27 bits per heavy atom. The van der Waals surface area contributed by atoms with Crippen molar-refractivity contribution in [2.24, 2.45) is 0 Å². The molecule has 1 N–H and O–H groups in total. The molecule has 1 aromatic rings. The van der Waals surface area contributed by atoms with Gasteiger partial charge in [-0.05, 0) is 17.7 Å². The number of benzene rings is 1. The summed E-state index contributed by atoms with van der Waals surface area (Å²) in [5.74, 6) is -1.31. The zero-order valence-electron chi connectivity index (χ0n) is 8.00. The molecule has 0 heterocycles. The van der Waals surface area contributed by atoms with Crippen LogP contribution in [-0.4, -0.2) is 26.6 Å². The molecule has 5 nitrogen and oxygen atoms in total. The van der Waals surface area contributed by atoms with E-state index >= 15 is 0 Å². The van der Waals surface area contributed by atoms with E-state index in [4.69, 9.17) is 5.11 Å². The third kappa shape index (κ3) is 3.34. The number of hydrogen-bond donors (Lipinski definition) is 1. The van der Waals surface area contributed by atoms with Crippen molar-refractivity contribution in [2.75, 3.05) is 7.11 Å². The van der Waals surface area contributed by atoms with E-state index < -0.39 is 16.1 Å². The molecule has 1 rings (SSSR count). The molecule has 0 unspecified atom stereocenters. The molecule has 1 aromatic carbocycles. The maximum absolute atomic E-state index is 11.0. The van der Waals surface area contributed by atoms with E-state index in [1.165, 1.54) is 24.3 Å². The summed E-state index contributed by atoms with van der Waals surface area (Å²) in [5.41, 5.74) is 0.607. The molecule has 0 fully saturated rings. The van der Waals surface area contributed by atoms with Gasteiger partial charge in [0.05, 0.1) is 12.7 Å². The predicted molar refractivity (Wildman–Crippen MR) is 53.0 cm³/mol. The van der Waals surface area contributed by atoms with E-state index in [-0.39, 0.29) is 11.3 Å². The molecule has 0 aliphatic carbocycles. The van der Waals surface area contributed by atoms with Gasteiger partial charge in [-0.25, -0.2) is 4.79 Å². The van der Waals surface area contributed by atoms with Gasteiger partial charge >= 0.3 is 5.97 Å². The fourth-order valence-corrected chi connectivity index (χ4v) is 1.73. The van der Waals surface area contributed by atoms with E-state index in [0.29, 0.717) is 5.56 Å². The van der Waals surface area contributed by atoms with Gasteiger partial charge in [0.25, 0.3) is 10.1 Å². The highest BCUT2D eigenvalue weighted by molar-refractivity contribution is 7.85. The average Bonchev–Trinajstić information content (AvgIpc) is 2.18. The first-order valence-corrected chi connectivity index (χ1v) is 5.63. The molecular weight excluding hydrogens is 220 g/mol. The second-order valence-electron chi connectivity index (χ2n) is 2.87. The Morgan fingerprint density at radius 1 is 1.33 bits per heavy atom. The summed E-state index contributed by atoms with van der Waals surface area (Å²) in [7, 11) is -2.47. The Morgan fingerprint density at radius 2 is 1.87 bits per heavy atom. The van der Waals surface area contributed by atoms with Crippen LogP contribution in [0.3, 0.4) is 0 Å². The van der Waals surface area contributed by atoms with E-state index in [1.54, 1.807) is 0 Å². The van der Waals surface area contributed by atoms with Gasteiger partial charge in [-0.3, -0.25) is 4.18 Å². The minimum absolute atomic E-state index is 0.119. The lowest BCUT2D eigenvalue weighted by atomic mass is 10.1. The van der Waals surface area contributed by atoms with Crippen LogP contribution in [0.5, 0.6) is 0 Å². The number of carboxylic acids is 1. The third-order valence-corrected chi connectivity index (χ3v) is 2.99. The van der Waals surface area contributed by atoms with Gasteiger partial charge in [0, 0.05) is 0 Å². The molecule has 15 heavy (non-hydrogen) atoms. The highest BCUT2D eigenvalue weighted by atomic mass is 32.2. The molecule has 0 atom stereocenters. The van der Waals surface area contributed by atoms with E-state index in [1.807, 2.05) is 0 Å². The molecule has 0 bridgehead atoms. The van der Waals surface area contributed by atoms with Crippen molar-refractivity contribution >= 4 is 16.1 Å². The van der Waals surface area contributed by atoms with Crippen LogP contribution in [0.4, 0.5) is 0 Å². The van der Waals surface area contributed by atoms with E-state index in [0.717, 1.165) is 7.11 Å². The Labute approximate surface area is 87.4 Å². The summed E-state index contributed by atoms with van der Waals surface area (Å²) in [6.45, 7) is 0. The molecule has 0 saturated carbocycles. The Balaban J connectivity index is 2.86. The largest absolute Gasteiger partial charge is 0.478 e. The van der Waals surface area contributed by atoms with Gasteiger partial charge in [-0.1, -0.05) is 12.1 Å². The standard InChI is InChI=1S/C9H10O5S/c1-14-15(12,13)6-7-2-4-8(5-3-7)9(10)11/h2-5H,6H2,1H3,(H,10,11). The first-order valence-electron chi connectivity index (χ1n) is 4.05. The number of carboxylic acid groups (broad SMARTS) is 1. The Kier molecular flexibility index (Phi) is 3.43. The monoisotopic (exact) mass is 230 g/mol. The Bertz CT molecular complexity index is 446. The molecular formula is C9H10O5S. The average molecular weight is 230 g/mol. The number of hydrogen-bond acceptors (Lipinski definition) is 4. The minimum Gasteiger partial charge on any atom is -0.478 e. The molecule has 82 valence electrons. The molecule has 0 amide bonds. The Hall–Kier alpha value is -1.40. The van der Waals surface area contributed by atoms with Crippen molar-refractivity contribution in [2.45, 2.75) is 5.75 Å². The summed E-state index contributed by atoms with van der Waals surface area (Å²) in [4.78, 5) is 10.5. The van der Waals surface area contributed by atoms with Crippen LogP contribution in [0.15, 0.2) is 24.3 Å². The second-order valence-corrected chi connectivity index (χ2v) is 4.61. The summed E-state index contributed by atoms with van der Waals surface area (Å²) in [6, 6.07) is 5.59. The van der Waals surface area contributed by atoms with Crippen LogP contribution in [0.1, 0.15) is 15.9 Å². The van der Waals surface area contributed by atoms with Crippen molar-refractivity contribution in [3.63, 3.8) is 0 Å². The number of carbonyl (C=O) groups is 1. The van der Waals surface area contributed by atoms with Crippen LogP contribution in [0.2, 0.25) is 0 Å². The summed E-state index contributed by atoms with van der Waals surface area (Å²) >= 11 is 0. The van der Waals surface area contributed by atoms with Crippen LogP contribution < -0.4 is 0 Å². The van der Waals surface area contributed by atoms with Gasteiger partial charge in [-0.2, -0.15) is 8.42 Å². The molecule has 6 heteroatoms. The summed E-state index contributed by atoms with van der Waals surface area (Å²) in [5, 5.41) is 8.61. The van der Waals surface area contributed by atoms with E-state index in [9.17, 15) is 13.2 Å². The van der Waals surface area contributed by atoms with Gasteiger partial charge in [-0.15, -0.1) is 0 Å². The molecule has 0 radical (unpaired) electrons. The van der Waals surface area contributed by atoms with Crippen molar-refractivity contribution in [1.82, 2.24) is 0 Å². The smallest absolute Gasteiger partial charge is 0.335 e. The van der Waals surface area contributed by atoms with Crippen LogP contribution in [-0.2, 0) is 20.1 Å². The molecule has 0 saturated heterocycles. The quantitative estimate of drug-likeness (QED) is 0.776.